The molecule has 80 valence electrons. The Kier molecular flexibility index (Phi) is 1.94. The van der Waals surface area contributed by atoms with Crippen molar-refractivity contribution in [2.45, 2.75) is 33.1 Å². The van der Waals surface area contributed by atoms with Gasteiger partial charge in [0.1, 0.15) is 0 Å². The second kappa shape index (κ2) is 2.84. The van der Waals surface area contributed by atoms with Gasteiger partial charge in [0.05, 0.1) is 11.1 Å². The highest BCUT2D eigenvalue weighted by atomic mass is 16.2. The third-order valence-corrected chi connectivity index (χ3v) is 3.39. The molecular weight excluding hydrogens is 186 g/mol. The Bertz CT molecular complexity index is 446. The normalized spacial score (nSPS) is 18.2. The molecule has 0 saturated heterocycles. The van der Waals surface area contributed by atoms with Crippen molar-refractivity contribution in [1.29, 1.82) is 0 Å². The Labute approximate surface area is 90.9 Å². The largest absolute Gasteiger partial charge is 0.314 e. The van der Waals surface area contributed by atoms with Crippen molar-refractivity contribution < 1.29 is 4.79 Å². The molecule has 2 nitrogen and oxygen atoms in total. The molecule has 0 aliphatic carbocycles. The van der Waals surface area contributed by atoms with Crippen molar-refractivity contribution in [3.63, 3.8) is 0 Å². The number of benzene rings is 1. The van der Waals surface area contributed by atoms with Crippen LogP contribution in [0, 0.1) is 13.8 Å². The number of anilines is 1. The molecule has 1 aromatic carbocycles. The number of fused-ring (bicyclic) bond motifs is 1. The monoisotopic (exact) mass is 203 g/mol. The summed E-state index contributed by atoms with van der Waals surface area (Å²) in [4.78, 5) is 13.9. The van der Waals surface area contributed by atoms with E-state index in [4.69, 9.17) is 0 Å². The molecular formula is C13H17NO. The van der Waals surface area contributed by atoms with Crippen LogP contribution in [0.15, 0.2) is 12.1 Å². The Balaban J connectivity index is 2.82. The molecule has 1 aromatic rings. The van der Waals surface area contributed by atoms with Crippen LogP contribution in [0.4, 0.5) is 5.69 Å². The zero-order chi connectivity index (χ0) is 11.4. The Morgan fingerprint density at radius 2 is 1.67 bits per heavy atom. The van der Waals surface area contributed by atoms with Crippen molar-refractivity contribution in [3.8, 4) is 0 Å². The van der Waals surface area contributed by atoms with E-state index in [-0.39, 0.29) is 11.3 Å². The van der Waals surface area contributed by atoms with Crippen LogP contribution in [0.5, 0.6) is 0 Å². The van der Waals surface area contributed by atoms with Crippen LogP contribution in [-0.4, -0.2) is 13.0 Å². The Hall–Kier alpha value is -1.31. The first-order valence-electron chi connectivity index (χ1n) is 5.26. The van der Waals surface area contributed by atoms with Gasteiger partial charge in [0.15, 0.2) is 0 Å². The minimum atomic E-state index is -0.375. The number of carbonyl (C=O) groups is 1. The van der Waals surface area contributed by atoms with Crippen molar-refractivity contribution in [1.82, 2.24) is 0 Å². The maximum absolute atomic E-state index is 12.1. The van der Waals surface area contributed by atoms with Crippen molar-refractivity contribution >= 4 is 11.6 Å². The maximum atomic E-state index is 12.1. The second-order valence-electron chi connectivity index (χ2n) is 4.91. The highest BCUT2D eigenvalue weighted by Gasteiger charge is 2.43. The van der Waals surface area contributed by atoms with E-state index in [0.29, 0.717) is 0 Å². The molecule has 1 heterocycles. The van der Waals surface area contributed by atoms with Gasteiger partial charge >= 0.3 is 0 Å². The smallest absolute Gasteiger partial charge is 0.236 e. The molecule has 0 unspecified atom stereocenters. The summed E-state index contributed by atoms with van der Waals surface area (Å²) in [5.74, 6) is 0.190. The number of aryl methyl sites for hydroxylation is 2. The van der Waals surface area contributed by atoms with Crippen LogP contribution < -0.4 is 4.90 Å². The van der Waals surface area contributed by atoms with Crippen LogP contribution in [0.25, 0.3) is 0 Å². The first kappa shape index (κ1) is 10.2. The molecule has 1 aliphatic rings. The van der Waals surface area contributed by atoms with Crippen LogP contribution >= 0.6 is 0 Å². The number of hydrogen-bond donors (Lipinski definition) is 0. The summed E-state index contributed by atoms with van der Waals surface area (Å²) in [5, 5.41) is 0. The molecule has 0 fully saturated rings. The Morgan fingerprint density at radius 1 is 1.13 bits per heavy atom. The lowest BCUT2D eigenvalue weighted by molar-refractivity contribution is -0.121. The van der Waals surface area contributed by atoms with Gasteiger partial charge in [0.25, 0.3) is 0 Å². The van der Waals surface area contributed by atoms with Gasteiger partial charge in [0, 0.05) is 7.05 Å². The predicted octanol–water partition coefficient (Wildman–Crippen LogP) is 2.56. The zero-order valence-corrected chi connectivity index (χ0v) is 10.0. The molecule has 0 spiro atoms. The molecule has 0 bridgehead atoms. The van der Waals surface area contributed by atoms with E-state index in [1.54, 1.807) is 4.90 Å². The summed E-state index contributed by atoms with van der Waals surface area (Å²) in [6.07, 6.45) is 0. The SMILES string of the molecule is Cc1ccc(C)c2c1N(C)C(=O)C2(C)C. The Morgan fingerprint density at radius 3 is 2.20 bits per heavy atom. The fourth-order valence-electron chi connectivity index (χ4n) is 2.65. The summed E-state index contributed by atoms with van der Waals surface area (Å²) in [7, 11) is 1.86. The lowest BCUT2D eigenvalue weighted by Gasteiger charge is -2.17. The van der Waals surface area contributed by atoms with E-state index < -0.39 is 0 Å². The number of hydrogen-bond acceptors (Lipinski definition) is 1. The average Bonchev–Trinajstić information content (AvgIpc) is 2.34. The topological polar surface area (TPSA) is 20.3 Å². The fourth-order valence-corrected chi connectivity index (χ4v) is 2.65. The van der Waals surface area contributed by atoms with E-state index >= 15 is 0 Å². The van der Waals surface area contributed by atoms with E-state index in [2.05, 4.69) is 26.0 Å². The van der Waals surface area contributed by atoms with Gasteiger partial charge < -0.3 is 4.90 Å². The number of carbonyl (C=O) groups excluding carboxylic acids is 1. The first-order valence-corrected chi connectivity index (χ1v) is 5.26. The average molecular weight is 203 g/mol. The molecule has 2 rings (SSSR count). The van der Waals surface area contributed by atoms with Gasteiger partial charge in [-0.05, 0) is 44.4 Å². The number of rotatable bonds is 0. The minimum Gasteiger partial charge on any atom is -0.314 e. The minimum absolute atomic E-state index is 0.190. The van der Waals surface area contributed by atoms with E-state index in [1.165, 1.54) is 16.7 Å². The summed E-state index contributed by atoms with van der Waals surface area (Å²) >= 11 is 0. The summed E-state index contributed by atoms with van der Waals surface area (Å²) in [6, 6.07) is 4.18. The maximum Gasteiger partial charge on any atom is 0.236 e. The lowest BCUT2D eigenvalue weighted by Crippen LogP contribution is -2.33. The molecule has 15 heavy (non-hydrogen) atoms. The van der Waals surface area contributed by atoms with Gasteiger partial charge in [-0.2, -0.15) is 0 Å². The molecule has 1 aliphatic heterocycles. The quantitative estimate of drug-likeness (QED) is 0.634. The summed E-state index contributed by atoms with van der Waals surface area (Å²) in [6.45, 7) is 8.14. The molecule has 1 amide bonds. The zero-order valence-electron chi connectivity index (χ0n) is 10.0. The van der Waals surface area contributed by atoms with Gasteiger partial charge in [-0.1, -0.05) is 12.1 Å². The van der Waals surface area contributed by atoms with E-state index in [9.17, 15) is 4.79 Å². The molecule has 0 radical (unpaired) electrons. The highest BCUT2D eigenvalue weighted by Crippen LogP contribution is 2.44. The van der Waals surface area contributed by atoms with Gasteiger partial charge in [0.2, 0.25) is 5.91 Å². The number of amides is 1. The van der Waals surface area contributed by atoms with E-state index in [1.807, 2.05) is 20.9 Å². The molecule has 0 aromatic heterocycles. The molecule has 0 saturated carbocycles. The van der Waals surface area contributed by atoms with E-state index in [0.717, 1.165) is 5.69 Å². The van der Waals surface area contributed by atoms with Crippen molar-refractivity contribution in [3.05, 3.63) is 28.8 Å². The third kappa shape index (κ3) is 1.14. The standard InChI is InChI=1S/C13H17NO/c1-8-6-7-9(2)11-10(8)13(3,4)12(15)14(11)5/h6-7H,1-5H3. The van der Waals surface area contributed by atoms with Crippen LogP contribution in [0.2, 0.25) is 0 Å². The van der Waals surface area contributed by atoms with Crippen LogP contribution in [0.3, 0.4) is 0 Å². The summed E-state index contributed by atoms with van der Waals surface area (Å²) in [5.41, 5.74) is 4.30. The molecule has 0 atom stereocenters. The third-order valence-electron chi connectivity index (χ3n) is 3.39. The molecule has 0 N–H and O–H groups in total. The fraction of sp³-hybridized carbons (Fsp3) is 0.462. The van der Waals surface area contributed by atoms with Crippen molar-refractivity contribution in [2.75, 3.05) is 11.9 Å². The van der Waals surface area contributed by atoms with Crippen molar-refractivity contribution in [2.24, 2.45) is 0 Å². The van der Waals surface area contributed by atoms with Gasteiger partial charge in [-0.25, -0.2) is 0 Å². The van der Waals surface area contributed by atoms with Crippen LogP contribution in [0.1, 0.15) is 30.5 Å². The van der Waals surface area contributed by atoms with Crippen LogP contribution in [-0.2, 0) is 10.2 Å². The summed E-state index contributed by atoms with van der Waals surface area (Å²) < 4.78 is 0. The predicted molar refractivity (Wildman–Crippen MR) is 62.4 cm³/mol. The lowest BCUT2D eigenvalue weighted by atomic mass is 9.83. The first-order chi connectivity index (χ1) is 6.87. The van der Waals surface area contributed by atoms with Gasteiger partial charge in [-0.15, -0.1) is 0 Å². The second-order valence-corrected chi connectivity index (χ2v) is 4.91. The van der Waals surface area contributed by atoms with Gasteiger partial charge in [-0.3, -0.25) is 4.79 Å². The molecule has 2 heteroatoms. The highest BCUT2D eigenvalue weighted by molar-refractivity contribution is 6.08. The number of nitrogens with zero attached hydrogens (tertiary/aromatic N) is 1. The number of likely N-dealkylation sites (N-methyl/N-ethyl adjacent to an activating group) is 1.